The summed E-state index contributed by atoms with van der Waals surface area (Å²) in [5.41, 5.74) is 5.30. The van der Waals surface area contributed by atoms with Gasteiger partial charge in [0.15, 0.2) is 9.47 Å². The summed E-state index contributed by atoms with van der Waals surface area (Å²) in [6.45, 7) is 0. The standard InChI is InChI=1S/C16H15ClN8O5S3/c1-19-15-22-23-16(33-15)31-5-3-2-4-6(12(27)25(4)9(5)13(28)29)20-11(26)8(24-30)7-10(17)32-14(18)21-7/h4,6,8H,2-3H2,1H3,(H2,18,21)(H,19,22)(H,20,26)(H,28,29). The van der Waals surface area contributed by atoms with Gasteiger partial charge in [-0.05, 0) is 18.0 Å². The summed E-state index contributed by atoms with van der Waals surface area (Å²) < 4.78 is 0.575. The topological polar surface area (TPSA) is 193 Å². The fourth-order valence-electron chi connectivity index (χ4n) is 3.54. The third kappa shape index (κ3) is 4.25. The summed E-state index contributed by atoms with van der Waals surface area (Å²) in [7, 11) is 1.69. The van der Waals surface area contributed by atoms with Crippen LogP contribution in [-0.4, -0.2) is 62.1 Å². The Balaban J connectivity index is 1.52. The number of halogens is 1. The van der Waals surface area contributed by atoms with Crippen molar-refractivity contribution >= 4 is 74.1 Å². The monoisotopic (exact) mass is 530 g/mol. The first-order valence-corrected chi connectivity index (χ1v) is 12.1. The Kier molecular flexibility index (Phi) is 6.51. The Hall–Kier alpha value is -2.82. The van der Waals surface area contributed by atoms with Gasteiger partial charge in [0, 0.05) is 12.0 Å². The molecule has 0 aliphatic carbocycles. The molecule has 0 bridgehead atoms. The van der Waals surface area contributed by atoms with E-state index in [0.717, 1.165) is 28.0 Å². The molecule has 2 aromatic rings. The number of aliphatic carboxylic acids is 1. The van der Waals surface area contributed by atoms with E-state index < -0.39 is 35.9 Å². The molecular formula is C16H15ClN8O5S3. The molecule has 4 heterocycles. The van der Waals surface area contributed by atoms with Crippen LogP contribution >= 0.6 is 46.0 Å². The second-order valence-corrected chi connectivity index (χ2v) is 10.8. The molecule has 0 radical (unpaired) electrons. The van der Waals surface area contributed by atoms with Crippen LogP contribution in [-0.2, 0) is 14.4 Å². The quantitative estimate of drug-likeness (QED) is 0.286. The van der Waals surface area contributed by atoms with Crippen molar-refractivity contribution in [1.82, 2.24) is 25.4 Å². The summed E-state index contributed by atoms with van der Waals surface area (Å²) in [6, 6.07) is -3.17. The number of thioether (sulfide) groups is 1. The molecule has 17 heteroatoms. The number of hydrogen-bond donors (Lipinski definition) is 4. The van der Waals surface area contributed by atoms with Crippen LogP contribution in [0.4, 0.5) is 10.3 Å². The van der Waals surface area contributed by atoms with Gasteiger partial charge in [-0.15, -0.1) is 15.1 Å². The lowest BCUT2D eigenvalue weighted by Crippen LogP contribution is -2.71. The SMILES string of the molecule is CNc1nnc(SC2=C(C(=O)O)N3C(=O)C(NC(=O)C(N=O)c4nc(N)sc4Cl)C3CC2)s1. The number of β-lactam (4-membered cyclic amide) rings is 1. The number of carboxylic acid groups (broad SMARTS) is 1. The van der Waals surface area contributed by atoms with E-state index in [2.05, 4.69) is 31.0 Å². The Morgan fingerprint density at radius 1 is 1.39 bits per heavy atom. The molecule has 2 aromatic heterocycles. The highest BCUT2D eigenvalue weighted by atomic mass is 35.5. The number of hydrogen-bond acceptors (Lipinski definition) is 13. The number of anilines is 2. The van der Waals surface area contributed by atoms with Crippen molar-refractivity contribution in [2.24, 2.45) is 5.18 Å². The third-order valence-electron chi connectivity index (χ3n) is 4.96. The molecule has 3 unspecified atom stereocenters. The number of thiazole rings is 1. The first-order chi connectivity index (χ1) is 15.7. The van der Waals surface area contributed by atoms with E-state index in [-0.39, 0.29) is 20.9 Å². The lowest BCUT2D eigenvalue weighted by Gasteiger charge is -2.50. The number of nitroso groups, excluding NO2 is 1. The second-order valence-electron chi connectivity index (χ2n) is 6.82. The minimum absolute atomic E-state index is 0.0438. The van der Waals surface area contributed by atoms with Crippen LogP contribution in [0.1, 0.15) is 24.6 Å². The van der Waals surface area contributed by atoms with Crippen LogP contribution in [0.25, 0.3) is 0 Å². The van der Waals surface area contributed by atoms with E-state index in [1.54, 1.807) is 7.05 Å². The number of allylic oxidation sites excluding steroid dienone is 1. The Morgan fingerprint density at radius 2 is 2.15 bits per heavy atom. The van der Waals surface area contributed by atoms with Crippen molar-refractivity contribution in [2.75, 3.05) is 18.1 Å². The van der Waals surface area contributed by atoms with Gasteiger partial charge in [-0.25, -0.2) is 9.78 Å². The smallest absolute Gasteiger partial charge is 0.353 e. The van der Waals surface area contributed by atoms with Crippen LogP contribution < -0.4 is 16.4 Å². The number of fused-ring (bicyclic) bond motifs is 1. The first-order valence-electron chi connectivity index (χ1n) is 9.28. The summed E-state index contributed by atoms with van der Waals surface area (Å²) in [6.07, 6.45) is 0.752. The first kappa shape index (κ1) is 23.3. The van der Waals surface area contributed by atoms with Crippen LogP contribution in [0.5, 0.6) is 0 Å². The van der Waals surface area contributed by atoms with Gasteiger partial charge in [-0.2, -0.15) is 0 Å². The van der Waals surface area contributed by atoms with Gasteiger partial charge < -0.3 is 21.5 Å². The van der Waals surface area contributed by atoms with Crippen molar-refractivity contribution in [3.8, 4) is 0 Å². The second kappa shape index (κ2) is 9.20. The molecular weight excluding hydrogens is 516 g/mol. The number of carbonyl (C=O) groups excluding carboxylic acids is 2. The summed E-state index contributed by atoms with van der Waals surface area (Å²) in [5.74, 6) is -2.74. The molecule has 0 spiro atoms. The van der Waals surface area contributed by atoms with Gasteiger partial charge >= 0.3 is 5.97 Å². The number of nitrogens with zero attached hydrogens (tertiary/aromatic N) is 5. The van der Waals surface area contributed by atoms with E-state index in [4.69, 9.17) is 17.3 Å². The maximum atomic E-state index is 12.8. The van der Waals surface area contributed by atoms with Crippen molar-refractivity contribution < 1.29 is 19.5 Å². The number of aromatic nitrogens is 3. The molecule has 13 nitrogen and oxygen atoms in total. The van der Waals surface area contributed by atoms with Gasteiger partial charge in [0.05, 0.1) is 6.04 Å². The van der Waals surface area contributed by atoms with Crippen LogP contribution in [0.15, 0.2) is 20.1 Å². The molecule has 2 aliphatic heterocycles. The van der Waals surface area contributed by atoms with E-state index in [1.165, 1.54) is 11.3 Å². The number of carboxylic acids is 1. The van der Waals surface area contributed by atoms with Gasteiger partial charge in [-0.1, -0.05) is 46.0 Å². The summed E-state index contributed by atoms with van der Waals surface area (Å²) in [5, 5.41) is 26.4. The van der Waals surface area contributed by atoms with Crippen molar-refractivity contribution in [3.63, 3.8) is 0 Å². The molecule has 1 fully saturated rings. The summed E-state index contributed by atoms with van der Waals surface area (Å²) in [4.78, 5) is 54.2. The van der Waals surface area contributed by atoms with Crippen molar-refractivity contribution in [1.29, 1.82) is 0 Å². The van der Waals surface area contributed by atoms with Gasteiger partial charge in [-0.3, -0.25) is 14.5 Å². The predicted molar refractivity (Wildman–Crippen MR) is 122 cm³/mol. The van der Waals surface area contributed by atoms with E-state index in [0.29, 0.717) is 27.2 Å². The van der Waals surface area contributed by atoms with Crippen LogP contribution in [0, 0.1) is 4.91 Å². The summed E-state index contributed by atoms with van der Waals surface area (Å²) >= 11 is 9.25. The number of rotatable bonds is 8. The fourth-order valence-corrected chi connectivity index (χ4v) is 6.44. The molecule has 2 amide bonds. The normalized spacial score (nSPS) is 20.7. The van der Waals surface area contributed by atoms with Gasteiger partial charge in [0.1, 0.15) is 21.8 Å². The fraction of sp³-hybridized carbons (Fsp3) is 0.375. The number of amides is 2. The number of nitrogens with one attached hydrogen (secondary N) is 2. The number of nitrogens with two attached hydrogens (primary N) is 1. The molecule has 0 saturated carbocycles. The van der Waals surface area contributed by atoms with E-state index in [9.17, 15) is 24.4 Å². The highest BCUT2D eigenvalue weighted by Gasteiger charge is 2.54. The third-order valence-corrected chi connectivity index (χ3v) is 8.21. The highest BCUT2D eigenvalue weighted by molar-refractivity contribution is 8.04. The zero-order valence-corrected chi connectivity index (χ0v) is 19.8. The number of nitrogen functional groups attached to an aromatic ring is 1. The Morgan fingerprint density at radius 3 is 2.73 bits per heavy atom. The zero-order valence-electron chi connectivity index (χ0n) is 16.6. The van der Waals surface area contributed by atoms with E-state index in [1.807, 2.05) is 0 Å². The highest BCUT2D eigenvalue weighted by Crippen LogP contribution is 2.44. The van der Waals surface area contributed by atoms with Gasteiger partial charge in [0.2, 0.25) is 11.2 Å². The molecule has 33 heavy (non-hydrogen) atoms. The van der Waals surface area contributed by atoms with Crippen LogP contribution in [0.2, 0.25) is 4.34 Å². The molecule has 0 aromatic carbocycles. The molecule has 4 rings (SSSR count). The average molecular weight is 531 g/mol. The largest absolute Gasteiger partial charge is 0.477 e. The Labute approximate surface area is 202 Å². The van der Waals surface area contributed by atoms with Gasteiger partial charge in [0.25, 0.3) is 11.8 Å². The molecule has 174 valence electrons. The lowest BCUT2D eigenvalue weighted by molar-refractivity contribution is -0.156. The molecule has 5 N–H and O–H groups in total. The maximum absolute atomic E-state index is 12.8. The lowest BCUT2D eigenvalue weighted by atomic mass is 9.86. The molecule has 2 aliphatic rings. The molecule has 3 atom stereocenters. The average Bonchev–Trinajstić information content (AvgIpc) is 3.37. The van der Waals surface area contributed by atoms with Crippen LogP contribution in [0.3, 0.4) is 0 Å². The zero-order chi connectivity index (χ0) is 23.9. The Bertz CT molecular complexity index is 1180. The van der Waals surface area contributed by atoms with Crippen molar-refractivity contribution in [2.45, 2.75) is 35.3 Å². The minimum Gasteiger partial charge on any atom is -0.477 e. The van der Waals surface area contributed by atoms with Crippen molar-refractivity contribution in [3.05, 3.63) is 25.5 Å². The van der Waals surface area contributed by atoms with E-state index >= 15 is 0 Å². The minimum atomic E-state index is -1.59. The predicted octanol–water partition coefficient (Wildman–Crippen LogP) is 1.66. The number of carbonyl (C=O) groups is 3. The molecule has 1 saturated heterocycles. The maximum Gasteiger partial charge on any atom is 0.353 e.